The number of aromatic nitrogens is 3. The maximum absolute atomic E-state index is 14.7. The minimum Gasteiger partial charge on any atom is -0.382 e. The van der Waals surface area contributed by atoms with Crippen molar-refractivity contribution in [3.8, 4) is 0 Å². The highest BCUT2D eigenvalue weighted by atomic mass is 32.2. The molecular weight excluding hydrogens is 536 g/mol. The third-order valence-electron chi connectivity index (χ3n) is 6.00. The number of halogens is 6. The van der Waals surface area contributed by atoms with Crippen LogP contribution >= 0.6 is 11.8 Å². The molecule has 1 aliphatic rings. The molecule has 0 unspecified atom stereocenters. The number of ether oxygens (including phenoxy) is 2. The fourth-order valence-electron chi connectivity index (χ4n) is 4.01. The number of hydrogen-bond acceptors (Lipinski definition) is 6. The predicted molar refractivity (Wildman–Crippen MR) is 127 cm³/mol. The van der Waals surface area contributed by atoms with Crippen LogP contribution in [0.3, 0.4) is 0 Å². The van der Waals surface area contributed by atoms with Crippen molar-refractivity contribution >= 4 is 17.8 Å². The molecule has 2 aromatic carbocycles. The summed E-state index contributed by atoms with van der Waals surface area (Å²) >= 11 is 1.25. The molecular formula is C25H23F6N3O3S. The lowest BCUT2D eigenvalue weighted by atomic mass is 9.90. The second-order valence-electron chi connectivity index (χ2n) is 8.64. The van der Waals surface area contributed by atoms with Gasteiger partial charge < -0.3 is 14.6 Å². The second kappa shape index (κ2) is 11.5. The fourth-order valence-corrected chi connectivity index (χ4v) is 5.32. The highest BCUT2D eigenvalue weighted by Gasteiger charge is 2.41. The SMILES string of the molecule is C[C@@H](SC1COC(/C=C/c2cccc(C(F)(F)F)c2F)OC1)[C@](O)(Cn1cncn1)c1ccc(F)cc1F. The molecule has 0 spiro atoms. The highest BCUT2D eigenvalue weighted by Crippen LogP contribution is 2.39. The molecule has 13 heteroatoms. The van der Waals surface area contributed by atoms with Crippen LogP contribution < -0.4 is 0 Å². The number of rotatable bonds is 8. The number of thioether (sulfide) groups is 1. The molecule has 1 N–H and O–H groups in total. The van der Waals surface area contributed by atoms with Crippen molar-refractivity contribution in [2.45, 2.75) is 42.0 Å². The monoisotopic (exact) mass is 559 g/mol. The molecule has 2 atom stereocenters. The van der Waals surface area contributed by atoms with Gasteiger partial charge in [-0.3, -0.25) is 0 Å². The molecule has 0 amide bonds. The first-order valence-electron chi connectivity index (χ1n) is 11.4. The fraction of sp³-hybridized carbons (Fsp3) is 0.360. The lowest BCUT2D eigenvalue weighted by molar-refractivity contribution is -0.146. The third kappa shape index (κ3) is 6.40. The van der Waals surface area contributed by atoms with E-state index in [4.69, 9.17) is 9.47 Å². The molecule has 2 heterocycles. The molecule has 1 fully saturated rings. The Bertz CT molecular complexity index is 1270. The standard InChI is InChI=1S/C25H23F6N3O3S/c1-15(24(35,12-34-14-32-13-33-34)19-7-6-17(26)9-21(19)27)38-18-10-36-22(37-11-18)8-5-16-3-2-4-20(23(16)28)25(29,30)31/h2-9,13-15,18,22,35H,10-12H2,1H3/b8-5+/t15-,18?,22?,24-/m1/s1. The van der Waals surface area contributed by atoms with Gasteiger partial charge in [-0.2, -0.15) is 18.3 Å². The molecule has 0 bridgehead atoms. The van der Waals surface area contributed by atoms with Gasteiger partial charge >= 0.3 is 6.18 Å². The Kier molecular flexibility index (Phi) is 8.50. The average Bonchev–Trinajstić information content (AvgIpc) is 3.36. The Balaban J connectivity index is 1.42. The number of hydrogen-bond donors (Lipinski definition) is 1. The third-order valence-corrected chi connectivity index (χ3v) is 7.45. The van der Waals surface area contributed by atoms with Crippen LogP contribution in [0.15, 0.2) is 55.1 Å². The summed E-state index contributed by atoms with van der Waals surface area (Å²) in [6.45, 7) is 1.76. The molecule has 1 aliphatic heterocycles. The van der Waals surface area contributed by atoms with E-state index in [1.807, 2.05) is 0 Å². The van der Waals surface area contributed by atoms with Crippen LogP contribution in [-0.4, -0.2) is 49.9 Å². The zero-order valence-electron chi connectivity index (χ0n) is 19.9. The summed E-state index contributed by atoms with van der Waals surface area (Å²) in [5, 5.41) is 14.6. The molecule has 1 saturated heterocycles. The van der Waals surface area contributed by atoms with Gasteiger partial charge in [0.15, 0.2) is 6.29 Å². The first kappa shape index (κ1) is 28.1. The topological polar surface area (TPSA) is 69.4 Å². The summed E-state index contributed by atoms with van der Waals surface area (Å²) in [4.78, 5) is 3.84. The first-order valence-corrected chi connectivity index (χ1v) is 12.3. The van der Waals surface area contributed by atoms with E-state index in [0.29, 0.717) is 12.1 Å². The molecule has 0 radical (unpaired) electrons. The Morgan fingerprint density at radius 2 is 1.87 bits per heavy atom. The van der Waals surface area contributed by atoms with Crippen LogP contribution in [-0.2, 0) is 27.8 Å². The van der Waals surface area contributed by atoms with Gasteiger partial charge in [-0.05, 0) is 18.2 Å². The average molecular weight is 560 g/mol. The minimum atomic E-state index is -4.82. The number of benzene rings is 2. The smallest absolute Gasteiger partial charge is 0.382 e. The largest absolute Gasteiger partial charge is 0.419 e. The van der Waals surface area contributed by atoms with Gasteiger partial charge in [-0.1, -0.05) is 31.2 Å². The first-order chi connectivity index (χ1) is 18.0. The highest BCUT2D eigenvalue weighted by molar-refractivity contribution is 8.00. The van der Waals surface area contributed by atoms with Gasteiger partial charge in [-0.25, -0.2) is 22.8 Å². The van der Waals surface area contributed by atoms with Crippen molar-refractivity contribution < 1.29 is 40.9 Å². The van der Waals surface area contributed by atoms with E-state index >= 15 is 0 Å². The van der Waals surface area contributed by atoms with Gasteiger partial charge in [0.2, 0.25) is 0 Å². The Labute approximate surface area is 218 Å². The normalized spacial score (nSPS) is 20.9. The van der Waals surface area contributed by atoms with E-state index in [1.165, 1.54) is 47.3 Å². The molecule has 38 heavy (non-hydrogen) atoms. The summed E-state index contributed by atoms with van der Waals surface area (Å²) in [5.41, 5.74) is -3.56. The van der Waals surface area contributed by atoms with E-state index in [9.17, 15) is 31.4 Å². The van der Waals surface area contributed by atoms with Gasteiger partial charge in [0, 0.05) is 22.4 Å². The van der Waals surface area contributed by atoms with Crippen LogP contribution in [0, 0.1) is 17.5 Å². The zero-order valence-corrected chi connectivity index (χ0v) is 20.7. The maximum atomic E-state index is 14.7. The molecule has 3 aromatic rings. The van der Waals surface area contributed by atoms with Crippen LogP contribution in [0.1, 0.15) is 23.6 Å². The van der Waals surface area contributed by atoms with Crippen LogP contribution in [0.25, 0.3) is 6.08 Å². The summed E-state index contributed by atoms with van der Waals surface area (Å²) in [5.74, 6) is -3.09. The second-order valence-corrected chi connectivity index (χ2v) is 10.3. The molecule has 4 rings (SSSR count). The number of aliphatic hydroxyl groups is 1. The number of alkyl halides is 3. The van der Waals surface area contributed by atoms with Gasteiger partial charge in [0.25, 0.3) is 0 Å². The van der Waals surface area contributed by atoms with Crippen molar-refractivity contribution in [2.75, 3.05) is 13.2 Å². The predicted octanol–water partition coefficient (Wildman–Crippen LogP) is 5.18. The summed E-state index contributed by atoms with van der Waals surface area (Å²) in [7, 11) is 0. The van der Waals surface area contributed by atoms with E-state index in [1.54, 1.807) is 6.92 Å². The van der Waals surface area contributed by atoms with E-state index < -0.39 is 46.3 Å². The van der Waals surface area contributed by atoms with Crippen LogP contribution in [0.2, 0.25) is 0 Å². The quantitative estimate of drug-likeness (QED) is 0.384. The lowest BCUT2D eigenvalue weighted by Crippen LogP contribution is -2.43. The summed E-state index contributed by atoms with van der Waals surface area (Å²) in [6, 6.07) is 5.89. The Morgan fingerprint density at radius 1 is 1.13 bits per heavy atom. The maximum Gasteiger partial charge on any atom is 0.419 e. The van der Waals surface area contributed by atoms with Gasteiger partial charge in [0.1, 0.15) is 35.7 Å². The van der Waals surface area contributed by atoms with E-state index in [0.717, 1.165) is 18.2 Å². The van der Waals surface area contributed by atoms with Crippen LogP contribution in [0.5, 0.6) is 0 Å². The van der Waals surface area contributed by atoms with E-state index in [-0.39, 0.29) is 36.1 Å². The Morgan fingerprint density at radius 3 is 2.50 bits per heavy atom. The zero-order chi connectivity index (χ0) is 27.5. The lowest BCUT2D eigenvalue weighted by Gasteiger charge is -2.37. The van der Waals surface area contributed by atoms with Crippen molar-refractivity contribution in [1.29, 1.82) is 0 Å². The molecule has 0 aliphatic carbocycles. The summed E-state index contributed by atoms with van der Waals surface area (Å²) < 4.78 is 93.8. The minimum absolute atomic E-state index is 0.115. The van der Waals surface area contributed by atoms with Crippen molar-refractivity contribution in [3.63, 3.8) is 0 Å². The van der Waals surface area contributed by atoms with Gasteiger partial charge in [-0.15, -0.1) is 11.8 Å². The van der Waals surface area contributed by atoms with Crippen molar-refractivity contribution in [3.05, 3.63) is 89.3 Å². The van der Waals surface area contributed by atoms with Crippen molar-refractivity contribution in [1.82, 2.24) is 14.8 Å². The van der Waals surface area contributed by atoms with E-state index in [2.05, 4.69) is 10.1 Å². The number of nitrogens with zero attached hydrogens (tertiary/aromatic N) is 3. The summed E-state index contributed by atoms with van der Waals surface area (Å²) in [6.07, 6.45) is -0.668. The molecule has 6 nitrogen and oxygen atoms in total. The van der Waals surface area contributed by atoms with Crippen LogP contribution in [0.4, 0.5) is 26.3 Å². The Hall–Kier alpha value is -2.87. The molecule has 0 saturated carbocycles. The molecule has 1 aromatic heterocycles. The molecule has 204 valence electrons. The van der Waals surface area contributed by atoms with Gasteiger partial charge in [0.05, 0.1) is 30.6 Å². The van der Waals surface area contributed by atoms with Crippen molar-refractivity contribution in [2.24, 2.45) is 0 Å².